The van der Waals surface area contributed by atoms with Gasteiger partial charge in [-0.1, -0.05) is 6.42 Å². The number of hydrogen-bond donors (Lipinski definition) is 2. The molecule has 2 fully saturated rings. The van der Waals surface area contributed by atoms with Gasteiger partial charge in [-0.15, -0.1) is 0 Å². The molecule has 2 N–H and O–H groups in total. The first kappa shape index (κ1) is 17.3. The van der Waals surface area contributed by atoms with E-state index >= 15 is 0 Å². The Labute approximate surface area is 153 Å². The normalized spacial score (nSPS) is 18.5. The fraction of sp³-hybridized carbons (Fsp3) is 0.529. The highest BCUT2D eigenvalue weighted by Crippen LogP contribution is 2.28. The lowest BCUT2D eigenvalue weighted by Crippen LogP contribution is -2.43. The lowest BCUT2D eigenvalue weighted by atomic mass is 9.85. The van der Waals surface area contributed by atoms with E-state index in [1.807, 2.05) is 0 Å². The molecule has 0 radical (unpaired) electrons. The molecule has 0 aromatic carbocycles. The van der Waals surface area contributed by atoms with Gasteiger partial charge in [0.15, 0.2) is 0 Å². The van der Waals surface area contributed by atoms with Crippen molar-refractivity contribution in [3.05, 3.63) is 30.7 Å². The first-order chi connectivity index (χ1) is 12.6. The quantitative estimate of drug-likeness (QED) is 0.789. The van der Waals surface area contributed by atoms with E-state index < -0.39 is 10.0 Å². The highest BCUT2D eigenvalue weighted by Gasteiger charge is 2.21. The van der Waals surface area contributed by atoms with Crippen molar-refractivity contribution in [3.8, 4) is 0 Å². The molecule has 3 heterocycles. The Balaban J connectivity index is 1.47. The average molecular weight is 376 g/mol. The first-order valence-electron chi connectivity index (χ1n) is 9.07. The Morgan fingerprint density at radius 2 is 2.08 bits per heavy atom. The summed E-state index contributed by atoms with van der Waals surface area (Å²) in [6, 6.07) is 3.45. The summed E-state index contributed by atoms with van der Waals surface area (Å²) >= 11 is 0. The number of sulfonamides is 1. The van der Waals surface area contributed by atoms with E-state index in [4.69, 9.17) is 0 Å². The third kappa shape index (κ3) is 3.83. The van der Waals surface area contributed by atoms with Crippen molar-refractivity contribution in [3.63, 3.8) is 0 Å². The molecule has 0 atom stereocenters. The number of pyridine rings is 1. The molecule has 8 nitrogen and oxygen atoms in total. The highest BCUT2D eigenvalue weighted by molar-refractivity contribution is 7.92. The zero-order chi connectivity index (χ0) is 18.0. The van der Waals surface area contributed by atoms with Crippen LogP contribution in [0.2, 0.25) is 0 Å². The van der Waals surface area contributed by atoms with E-state index in [0.717, 1.165) is 38.5 Å². The molecule has 2 aromatic heterocycles. The molecule has 0 unspecified atom stereocenters. The Morgan fingerprint density at radius 3 is 2.81 bits per heavy atom. The van der Waals surface area contributed by atoms with Gasteiger partial charge in [-0.3, -0.25) is 9.40 Å². The second-order valence-electron chi connectivity index (χ2n) is 6.94. The summed E-state index contributed by atoms with van der Waals surface area (Å²) in [5.74, 6) is 1.41. The monoisotopic (exact) mass is 376 g/mol. The number of piperazine rings is 1. The van der Waals surface area contributed by atoms with Gasteiger partial charge in [-0.2, -0.15) is 5.10 Å². The van der Waals surface area contributed by atoms with Gasteiger partial charge >= 0.3 is 0 Å². The molecular formula is C17H24N6O2S. The van der Waals surface area contributed by atoms with Gasteiger partial charge < -0.3 is 10.2 Å². The summed E-state index contributed by atoms with van der Waals surface area (Å²) in [4.78, 5) is 6.70. The second kappa shape index (κ2) is 7.24. The molecule has 2 aliphatic rings. The minimum Gasteiger partial charge on any atom is -0.354 e. The smallest absolute Gasteiger partial charge is 0.265 e. The van der Waals surface area contributed by atoms with Gasteiger partial charge in [0.2, 0.25) is 0 Å². The number of nitrogens with zero attached hydrogens (tertiary/aromatic N) is 4. The number of nitrogens with one attached hydrogen (secondary N) is 2. The van der Waals surface area contributed by atoms with Gasteiger partial charge in [0.25, 0.3) is 10.0 Å². The van der Waals surface area contributed by atoms with Gasteiger partial charge in [0.05, 0.1) is 11.9 Å². The Bertz CT molecular complexity index is 856. The summed E-state index contributed by atoms with van der Waals surface area (Å²) in [6.45, 7) is 4.31. The highest BCUT2D eigenvalue weighted by atomic mass is 32.2. The van der Waals surface area contributed by atoms with Crippen molar-refractivity contribution in [2.45, 2.75) is 30.7 Å². The van der Waals surface area contributed by atoms with Crippen LogP contribution in [0.25, 0.3) is 0 Å². The summed E-state index contributed by atoms with van der Waals surface area (Å²) in [5, 5.41) is 7.50. The lowest BCUT2D eigenvalue weighted by molar-refractivity contribution is 0.266. The standard InChI is InChI=1S/C17H24N6O2S/c24-26(25,16-11-20-23(13-16)12-14-2-1-3-14)21-15-4-5-19-17(10-15)22-8-6-18-7-9-22/h4-5,10-11,13-14,18H,1-3,6-9,12H2,(H,19,21). The van der Waals surface area contributed by atoms with Crippen molar-refractivity contribution in [1.82, 2.24) is 20.1 Å². The summed E-state index contributed by atoms with van der Waals surface area (Å²) in [6.07, 6.45) is 8.32. The van der Waals surface area contributed by atoms with Crippen LogP contribution in [0.15, 0.2) is 35.6 Å². The van der Waals surface area contributed by atoms with E-state index in [0.29, 0.717) is 11.6 Å². The molecule has 4 rings (SSSR count). The summed E-state index contributed by atoms with van der Waals surface area (Å²) in [7, 11) is -3.66. The van der Waals surface area contributed by atoms with Crippen molar-refractivity contribution in [2.75, 3.05) is 35.8 Å². The summed E-state index contributed by atoms with van der Waals surface area (Å²) < 4.78 is 29.7. The maximum absolute atomic E-state index is 12.7. The third-order valence-electron chi connectivity index (χ3n) is 5.03. The van der Waals surface area contributed by atoms with Crippen LogP contribution in [0.4, 0.5) is 11.5 Å². The maximum atomic E-state index is 12.7. The average Bonchev–Trinajstić information content (AvgIpc) is 3.09. The minimum absolute atomic E-state index is 0.192. The van der Waals surface area contributed by atoms with Crippen LogP contribution >= 0.6 is 0 Å². The van der Waals surface area contributed by atoms with E-state index in [9.17, 15) is 8.42 Å². The van der Waals surface area contributed by atoms with Crippen molar-refractivity contribution in [1.29, 1.82) is 0 Å². The molecule has 1 aliphatic heterocycles. The van der Waals surface area contributed by atoms with E-state index in [1.54, 1.807) is 29.2 Å². The fourth-order valence-electron chi connectivity index (χ4n) is 3.29. The lowest BCUT2D eigenvalue weighted by Gasteiger charge is -2.28. The van der Waals surface area contributed by atoms with Crippen LogP contribution in [0.1, 0.15) is 19.3 Å². The summed E-state index contributed by atoms with van der Waals surface area (Å²) in [5.41, 5.74) is 0.514. The fourth-order valence-corrected chi connectivity index (χ4v) is 4.29. The van der Waals surface area contributed by atoms with Crippen LogP contribution in [0.5, 0.6) is 0 Å². The zero-order valence-electron chi connectivity index (χ0n) is 14.6. The van der Waals surface area contributed by atoms with E-state index in [1.165, 1.54) is 25.5 Å². The van der Waals surface area contributed by atoms with Gasteiger partial charge in [0.1, 0.15) is 10.7 Å². The van der Waals surface area contributed by atoms with Crippen LogP contribution in [0.3, 0.4) is 0 Å². The van der Waals surface area contributed by atoms with E-state index in [2.05, 4.69) is 25.0 Å². The predicted molar refractivity (Wildman–Crippen MR) is 99.7 cm³/mol. The molecule has 9 heteroatoms. The Kier molecular flexibility index (Phi) is 4.82. The maximum Gasteiger partial charge on any atom is 0.265 e. The van der Waals surface area contributed by atoms with E-state index in [-0.39, 0.29) is 4.90 Å². The van der Waals surface area contributed by atoms with Crippen molar-refractivity contribution < 1.29 is 8.42 Å². The molecule has 1 saturated heterocycles. The number of rotatable bonds is 6. The van der Waals surface area contributed by atoms with Crippen LogP contribution in [0, 0.1) is 5.92 Å². The largest absolute Gasteiger partial charge is 0.354 e. The molecule has 0 spiro atoms. The molecular weight excluding hydrogens is 352 g/mol. The van der Waals surface area contributed by atoms with Crippen LogP contribution in [-0.2, 0) is 16.6 Å². The molecule has 2 aromatic rings. The van der Waals surface area contributed by atoms with Gasteiger partial charge in [-0.25, -0.2) is 13.4 Å². The Hall–Kier alpha value is -2.13. The molecule has 0 amide bonds. The Morgan fingerprint density at radius 1 is 1.27 bits per heavy atom. The predicted octanol–water partition coefficient (Wildman–Crippen LogP) is 1.29. The minimum atomic E-state index is -3.66. The first-order valence-corrected chi connectivity index (χ1v) is 10.6. The molecule has 1 aliphatic carbocycles. The third-order valence-corrected chi connectivity index (χ3v) is 6.36. The number of hydrogen-bond acceptors (Lipinski definition) is 6. The number of aromatic nitrogens is 3. The zero-order valence-corrected chi connectivity index (χ0v) is 15.5. The molecule has 140 valence electrons. The van der Waals surface area contributed by atoms with Crippen LogP contribution in [-0.4, -0.2) is 49.4 Å². The van der Waals surface area contributed by atoms with Crippen LogP contribution < -0.4 is 14.9 Å². The van der Waals surface area contributed by atoms with Gasteiger partial charge in [-0.05, 0) is 24.8 Å². The van der Waals surface area contributed by atoms with Crippen molar-refractivity contribution in [2.24, 2.45) is 5.92 Å². The molecule has 26 heavy (non-hydrogen) atoms. The van der Waals surface area contributed by atoms with Crippen molar-refractivity contribution >= 4 is 21.5 Å². The topological polar surface area (TPSA) is 92.2 Å². The molecule has 0 bridgehead atoms. The van der Waals surface area contributed by atoms with Gasteiger partial charge in [0, 0.05) is 51.2 Å². The molecule has 1 saturated carbocycles. The number of anilines is 2. The second-order valence-corrected chi connectivity index (χ2v) is 8.62. The SMILES string of the molecule is O=S(=O)(Nc1ccnc(N2CCNCC2)c1)c1cnn(CC2CCC2)c1.